The van der Waals surface area contributed by atoms with Crippen LogP contribution in [0.2, 0.25) is 0 Å². The quantitative estimate of drug-likeness (QED) is 0.916. The SMILES string of the molecule is CNC(Cc1cc(Br)ccc1OC)C(C)(C)C. The summed E-state index contributed by atoms with van der Waals surface area (Å²) in [6, 6.07) is 6.57. The zero-order valence-electron chi connectivity index (χ0n) is 11.3. The van der Waals surface area contributed by atoms with Gasteiger partial charge in [0.25, 0.3) is 0 Å². The fraction of sp³-hybridized carbons (Fsp3) is 0.571. The lowest BCUT2D eigenvalue weighted by molar-refractivity contribution is 0.277. The molecule has 0 saturated carbocycles. The van der Waals surface area contributed by atoms with Crippen LogP contribution in [0, 0.1) is 5.41 Å². The lowest BCUT2D eigenvalue weighted by atomic mass is 9.83. The topological polar surface area (TPSA) is 21.3 Å². The van der Waals surface area contributed by atoms with E-state index in [9.17, 15) is 0 Å². The van der Waals surface area contributed by atoms with Crippen molar-refractivity contribution in [3.63, 3.8) is 0 Å². The summed E-state index contributed by atoms with van der Waals surface area (Å²) in [6.45, 7) is 6.75. The van der Waals surface area contributed by atoms with Crippen molar-refractivity contribution in [2.45, 2.75) is 33.2 Å². The second-order valence-corrected chi connectivity index (χ2v) is 6.28. The number of benzene rings is 1. The van der Waals surface area contributed by atoms with Gasteiger partial charge in [0.05, 0.1) is 7.11 Å². The Hall–Kier alpha value is -0.540. The third-order valence-electron chi connectivity index (χ3n) is 3.06. The van der Waals surface area contributed by atoms with E-state index in [1.165, 1.54) is 5.56 Å². The minimum atomic E-state index is 0.224. The maximum atomic E-state index is 5.41. The molecule has 0 radical (unpaired) electrons. The van der Waals surface area contributed by atoms with Crippen LogP contribution in [0.4, 0.5) is 0 Å². The van der Waals surface area contributed by atoms with Crippen molar-refractivity contribution >= 4 is 15.9 Å². The molecule has 1 aromatic carbocycles. The van der Waals surface area contributed by atoms with Crippen molar-refractivity contribution in [1.29, 1.82) is 0 Å². The molecule has 1 aromatic rings. The van der Waals surface area contributed by atoms with Crippen LogP contribution < -0.4 is 10.1 Å². The fourth-order valence-corrected chi connectivity index (χ4v) is 2.38. The summed E-state index contributed by atoms with van der Waals surface area (Å²) in [5.41, 5.74) is 1.46. The van der Waals surface area contributed by atoms with Gasteiger partial charge in [-0.15, -0.1) is 0 Å². The van der Waals surface area contributed by atoms with Gasteiger partial charge in [0, 0.05) is 10.5 Å². The molecule has 0 aliphatic heterocycles. The molecule has 0 aliphatic rings. The number of rotatable bonds is 4. The minimum absolute atomic E-state index is 0.224. The zero-order valence-corrected chi connectivity index (χ0v) is 12.9. The second-order valence-electron chi connectivity index (χ2n) is 5.37. The van der Waals surface area contributed by atoms with E-state index in [0.29, 0.717) is 6.04 Å². The van der Waals surface area contributed by atoms with Gasteiger partial charge in [0.1, 0.15) is 5.75 Å². The first-order valence-corrected chi connectivity index (χ1v) is 6.67. The molecule has 0 aromatic heterocycles. The molecule has 1 atom stereocenters. The van der Waals surface area contributed by atoms with E-state index >= 15 is 0 Å². The average Bonchev–Trinajstić information content (AvgIpc) is 2.24. The molecule has 1 rings (SSSR count). The Labute approximate surface area is 113 Å². The van der Waals surface area contributed by atoms with E-state index < -0.39 is 0 Å². The molecule has 2 nitrogen and oxygen atoms in total. The lowest BCUT2D eigenvalue weighted by Gasteiger charge is -2.31. The lowest BCUT2D eigenvalue weighted by Crippen LogP contribution is -2.39. The number of halogens is 1. The van der Waals surface area contributed by atoms with Gasteiger partial charge in [0.2, 0.25) is 0 Å². The van der Waals surface area contributed by atoms with Crippen molar-refractivity contribution in [3.05, 3.63) is 28.2 Å². The molecule has 0 bridgehead atoms. The van der Waals surface area contributed by atoms with E-state index in [1.54, 1.807) is 7.11 Å². The molecule has 0 amide bonds. The molecule has 1 unspecified atom stereocenters. The molecule has 0 spiro atoms. The zero-order chi connectivity index (χ0) is 13.1. The molecule has 17 heavy (non-hydrogen) atoms. The van der Waals surface area contributed by atoms with Crippen LogP contribution in [-0.2, 0) is 6.42 Å². The highest BCUT2D eigenvalue weighted by Crippen LogP contribution is 2.28. The first-order valence-electron chi connectivity index (χ1n) is 5.88. The van der Waals surface area contributed by atoms with E-state index in [0.717, 1.165) is 16.6 Å². The Bertz CT molecular complexity index is 371. The van der Waals surface area contributed by atoms with Crippen LogP contribution in [-0.4, -0.2) is 20.2 Å². The van der Waals surface area contributed by atoms with Gasteiger partial charge in [-0.05, 0) is 42.6 Å². The first-order chi connectivity index (χ1) is 7.88. The van der Waals surface area contributed by atoms with Crippen molar-refractivity contribution < 1.29 is 4.74 Å². The molecule has 0 fully saturated rings. The van der Waals surface area contributed by atoms with Crippen LogP contribution in [0.5, 0.6) is 5.75 Å². The number of hydrogen-bond donors (Lipinski definition) is 1. The number of nitrogens with one attached hydrogen (secondary N) is 1. The van der Waals surface area contributed by atoms with Gasteiger partial charge in [-0.3, -0.25) is 0 Å². The maximum Gasteiger partial charge on any atom is 0.122 e. The van der Waals surface area contributed by atoms with Crippen molar-refractivity contribution in [3.8, 4) is 5.75 Å². The molecule has 1 N–H and O–H groups in total. The van der Waals surface area contributed by atoms with Crippen LogP contribution in [0.1, 0.15) is 26.3 Å². The summed E-state index contributed by atoms with van der Waals surface area (Å²) in [5, 5.41) is 3.39. The monoisotopic (exact) mass is 299 g/mol. The standard InChI is InChI=1S/C14H22BrNO/c1-14(2,3)13(16-4)9-10-8-11(15)6-7-12(10)17-5/h6-8,13,16H,9H2,1-5H3. The Balaban J connectivity index is 2.96. The van der Waals surface area contributed by atoms with E-state index in [-0.39, 0.29) is 5.41 Å². The Morgan fingerprint density at radius 2 is 2.00 bits per heavy atom. The van der Waals surface area contributed by atoms with Gasteiger partial charge >= 0.3 is 0 Å². The Morgan fingerprint density at radius 3 is 2.47 bits per heavy atom. The maximum absolute atomic E-state index is 5.41. The molecule has 0 heterocycles. The van der Waals surface area contributed by atoms with Gasteiger partial charge in [-0.2, -0.15) is 0 Å². The van der Waals surface area contributed by atoms with Gasteiger partial charge in [0.15, 0.2) is 0 Å². The third-order valence-corrected chi connectivity index (χ3v) is 3.55. The third kappa shape index (κ3) is 4.00. The van der Waals surface area contributed by atoms with E-state index in [1.807, 2.05) is 19.2 Å². The molecule has 0 aliphatic carbocycles. The summed E-state index contributed by atoms with van der Waals surface area (Å²) < 4.78 is 6.50. The largest absolute Gasteiger partial charge is 0.496 e. The molecule has 3 heteroatoms. The van der Waals surface area contributed by atoms with Crippen LogP contribution in [0.25, 0.3) is 0 Å². The highest BCUT2D eigenvalue weighted by Gasteiger charge is 2.24. The van der Waals surface area contributed by atoms with Crippen molar-refractivity contribution in [1.82, 2.24) is 5.32 Å². The van der Waals surface area contributed by atoms with Crippen LogP contribution >= 0.6 is 15.9 Å². The summed E-state index contributed by atoms with van der Waals surface area (Å²) >= 11 is 3.51. The number of methoxy groups -OCH3 is 1. The summed E-state index contributed by atoms with van der Waals surface area (Å²) in [4.78, 5) is 0. The minimum Gasteiger partial charge on any atom is -0.496 e. The highest BCUT2D eigenvalue weighted by molar-refractivity contribution is 9.10. The number of hydrogen-bond acceptors (Lipinski definition) is 2. The fourth-order valence-electron chi connectivity index (χ4n) is 1.97. The number of likely N-dealkylation sites (N-methyl/N-ethyl adjacent to an activating group) is 1. The van der Waals surface area contributed by atoms with Gasteiger partial charge in [-0.25, -0.2) is 0 Å². The average molecular weight is 300 g/mol. The van der Waals surface area contributed by atoms with Gasteiger partial charge < -0.3 is 10.1 Å². The molecular formula is C14H22BrNO. The smallest absolute Gasteiger partial charge is 0.122 e. The number of ether oxygens (including phenoxy) is 1. The predicted octanol–water partition coefficient (Wildman–Crippen LogP) is 3.63. The Morgan fingerprint density at radius 1 is 1.35 bits per heavy atom. The summed E-state index contributed by atoms with van der Waals surface area (Å²) in [5.74, 6) is 0.956. The van der Waals surface area contributed by atoms with Gasteiger partial charge in [-0.1, -0.05) is 36.7 Å². The Kier molecular flexibility index (Phi) is 5.02. The molecular weight excluding hydrogens is 278 g/mol. The summed E-state index contributed by atoms with van der Waals surface area (Å²) in [6.07, 6.45) is 0.961. The van der Waals surface area contributed by atoms with E-state index in [2.05, 4.69) is 48.1 Å². The second kappa shape index (κ2) is 5.87. The van der Waals surface area contributed by atoms with Crippen molar-refractivity contribution in [2.75, 3.05) is 14.2 Å². The normalized spacial score (nSPS) is 13.5. The molecule has 0 saturated heterocycles. The predicted molar refractivity (Wildman–Crippen MR) is 76.7 cm³/mol. The van der Waals surface area contributed by atoms with Crippen LogP contribution in [0.3, 0.4) is 0 Å². The summed E-state index contributed by atoms with van der Waals surface area (Å²) in [7, 11) is 3.73. The first kappa shape index (κ1) is 14.5. The van der Waals surface area contributed by atoms with Crippen LogP contribution in [0.15, 0.2) is 22.7 Å². The van der Waals surface area contributed by atoms with Crippen molar-refractivity contribution in [2.24, 2.45) is 5.41 Å². The highest BCUT2D eigenvalue weighted by atomic mass is 79.9. The molecule has 96 valence electrons. The van der Waals surface area contributed by atoms with E-state index in [4.69, 9.17) is 4.74 Å².